The Hall–Kier alpha value is -0.0100. The summed E-state index contributed by atoms with van der Waals surface area (Å²) in [5.41, 5.74) is 1.38. The van der Waals surface area contributed by atoms with Crippen molar-refractivity contribution < 1.29 is 0 Å². The summed E-state index contributed by atoms with van der Waals surface area (Å²) >= 11 is 8.31. The Kier molecular flexibility index (Phi) is 2.66. The van der Waals surface area contributed by atoms with Crippen LogP contribution in [0, 0.1) is 19.8 Å². The summed E-state index contributed by atoms with van der Waals surface area (Å²) in [6.45, 7) is 4.33. The molecule has 0 aromatic carbocycles. The molecule has 1 fully saturated rings. The van der Waals surface area contributed by atoms with Crippen LogP contribution < -0.4 is 0 Å². The highest BCUT2D eigenvalue weighted by Crippen LogP contribution is 2.45. The zero-order chi connectivity index (χ0) is 9.42. The monoisotopic (exact) mass is 214 g/mol. The van der Waals surface area contributed by atoms with E-state index in [9.17, 15) is 0 Å². The zero-order valence-electron chi connectivity index (χ0n) is 8.14. The standard InChI is InChI=1S/C11H15ClS/c1-7-6-8(2)13-11(7)10(12)9-4-3-5-9/h6,9-10H,3-5H2,1-2H3. The molecule has 0 nitrogen and oxygen atoms in total. The summed E-state index contributed by atoms with van der Waals surface area (Å²) in [5.74, 6) is 0.749. The normalized spacial score (nSPS) is 19.9. The molecular formula is C11H15ClS. The van der Waals surface area contributed by atoms with E-state index in [4.69, 9.17) is 11.6 Å². The van der Waals surface area contributed by atoms with Gasteiger partial charge in [0.25, 0.3) is 0 Å². The van der Waals surface area contributed by atoms with Crippen LogP contribution in [0.4, 0.5) is 0 Å². The number of halogens is 1. The lowest BCUT2D eigenvalue weighted by Gasteiger charge is -2.29. The first-order valence-electron chi connectivity index (χ1n) is 4.89. The molecule has 1 atom stereocenters. The average molecular weight is 215 g/mol. The smallest absolute Gasteiger partial charge is 0.0709 e. The lowest BCUT2D eigenvalue weighted by molar-refractivity contribution is 0.307. The van der Waals surface area contributed by atoms with Crippen LogP contribution in [0.15, 0.2) is 6.07 Å². The molecule has 0 amide bonds. The van der Waals surface area contributed by atoms with Gasteiger partial charge in [0.05, 0.1) is 5.38 Å². The van der Waals surface area contributed by atoms with Gasteiger partial charge in [0, 0.05) is 9.75 Å². The van der Waals surface area contributed by atoms with Crippen LogP contribution in [0.2, 0.25) is 0 Å². The van der Waals surface area contributed by atoms with E-state index in [2.05, 4.69) is 19.9 Å². The first kappa shape index (κ1) is 9.54. The third-order valence-electron chi connectivity index (χ3n) is 2.89. The largest absolute Gasteiger partial charge is 0.144 e. The zero-order valence-corrected chi connectivity index (χ0v) is 9.71. The molecule has 1 aromatic rings. The average Bonchev–Trinajstić information content (AvgIpc) is 2.26. The third-order valence-corrected chi connectivity index (χ3v) is 4.83. The van der Waals surface area contributed by atoms with E-state index in [1.165, 1.54) is 34.6 Å². The van der Waals surface area contributed by atoms with Crippen LogP contribution in [0.1, 0.15) is 40.0 Å². The molecule has 1 aliphatic carbocycles. The van der Waals surface area contributed by atoms with Gasteiger partial charge in [-0.1, -0.05) is 6.42 Å². The minimum atomic E-state index is 0.285. The Morgan fingerprint density at radius 1 is 1.46 bits per heavy atom. The summed E-state index contributed by atoms with van der Waals surface area (Å²) in [4.78, 5) is 2.79. The molecule has 0 N–H and O–H groups in total. The van der Waals surface area contributed by atoms with Gasteiger partial charge in [0.2, 0.25) is 0 Å². The first-order valence-corrected chi connectivity index (χ1v) is 6.15. The highest BCUT2D eigenvalue weighted by atomic mass is 35.5. The quantitative estimate of drug-likeness (QED) is 0.639. The van der Waals surface area contributed by atoms with Crippen LogP contribution in [0.3, 0.4) is 0 Å². The van der Waals surface area contributed by atoms with Crippen LogP contribution >= 0.6 is 22.9 Å². The Bertz CT molecular complexity index is 299. The molecule has 2 heteroatoms. The predicted molar refractivity (Wildman–Crippen MR) is 59.7 cm³/mol. The molecule has 1 saturated carbocycles. The van der Waals surface area contributed by atoms with E-state index in [0.717, 1.165) is 5.92 Å². The molecule has 1 heterocycles. The van der Waals surface area contributed by atoms with Gasteiger partial charge in [-0.15, -0.1) is 22.9 Å². The second-order valence-electron chi connectivity index (χ2n) is 4.00. The van der Waals surface area contributed by atoms with Crippen molar-refractivity contribution in [2.24, 2.45) is 5.92 Å². The van der Waals surface area contributed by atoms with Crippen molar-refractivity contribution in [3.8, 4) is 0 Å². The van der Waals surface area contributed by atoms with Gasteiger partial charge in [-0.25, -0.2) is 0 Å². The molecule has 1 aliphatic rings. The molecule has 1 unspecified atom stereocenters. The van der Waals surface area contributed by atoms with Crippen molar-refractivity contribution >= 4 is 22.9 Å². The number of rotatable bonds is 2. The third kappa shape index (κ3) is 1.77. The highest BCUT2D eigenvalue weighted by molar-refractivity contribution is 7.12. The fourth-order valence-corrected chi connectivity index (χ4v) is 3.55. The van der Waals surface area contributed by atoms with Gasteiger partial charge in [-0.3, -0.25) is 0 Å². The van der Waals surface area contributed by atoms with E-state index in [1.807, 2.05) is 11.3 Å². The van der Waals surface area contributed by atoms with Gasteiger partial charge in [0.1, 0.15) is 0 Å². The minimum Gasteiger partial charge on any atom is -0.144 e. The molecular weight excluding hydrogens is 200 g/mol. The van der Waals surface area contributed by atoms with E-state index in [0.29, 0.717) is 0 Å². The lowest BCUT2D eigenvalue weighted by atomic mass is 9.82. The maximum absolute atomic E-state index is 6.44. The molecule has 0 spiro atoms. The molecule has 0 bridgehead atoms. The number of thiophene rings is 1. The summed E-state index contributed by atoms with van der Waals surface area (Å²) < 4.78 is 0. The van der Waals surface area contributed by atoms with E-state index in [1.54, 1.807) is 0 Å². The summed E-state index contributed by atoms with van der Waals surface area (Å²) in [5, 5.41) is 0.285. The number of hydrogen-bond donors (Lipinski definition) is 0. The van der Waals surface area contributed by atoms with Gasteiger partial charge in [-0.2, -0.15) is 0 Å². The molecule has 1 aromatic heterocycles. The molecule has 0 radical (unpaired) electrons. The second kappa shape index (κ2) is 3.62. The minimum absolute atomic E-state index is 0.285. The van der Waals surface area contributed by atoms with Gasteiger partial charge < -0.3 is 0 Å². The predicted octanol–water partition coefficient (Wildman–Crippen LogP) is 4.44. The van der Waals surface area contributed by atoms with Crippen molar-refractivity contribution in [1.29, 1.82) is 0 Å². The second-order valence-corrected chi connectivity index (χ2v) is 5.76. The Morgan fingerprint density at radius 2 is 2.15 bits per heavy atom. The van der Waals surface area contributed by atoms with Crippen LogP contribution in [-0.4, -0.2) is 0 Å². The van der Waals surface area contributed by atoms with Gasteiger partial charge in [0.15, 0.2) is 0 Å². The Balaban J connectivity index is 2.18. The maximum atomic E-state index is 6.44. The lowest BCUT2D eigenvalue weighted by Crippen LogP contribution is -2.16. The van der Waals surface area contributed by atoms with Crippen molar-refractivity contribution in [3.63, 3.8) is 0 Å². The Labute approximate surface area is 88.9 Å². The topological polar surface area (TPSA) is 0 Å². The first-order chi connectivity index (χ1) is 6.18. The van der Waals surface area contributed by atoms with Crippen LogP contribution in [0.25, 0.3) is 0 Å². The van der Waals surface area contributed by atoms with Crippen LogP contribution in [0.5, 0.6) is 0 Å². The molecule has 13 heavy (non-hydrogen) atoms. The summed E-state index contributed by atoms with van der Waals surface area (Å²) in [7, 11) is 0. The molecule has 0 saturated heterocycles. The fraction of sp³-hybridized carbons (Fsp3) is 0.636. The van der Waals surface area contributed by atoms with Gasteiger partial charge >= 0.3 is 0 Å². The SMILES string of the molecule is Cc1cc(C)c(C(Cl)C2CCC2)s1. The van der Waals surface area contributed by atoms with Gasteiger partial charge in [-0.05, 0) is 44.2 Å². The van der Waals surface area contributed by atoms with E-state index < -0.39 is 0 Å². The number of hydrogen-bond acceptors (Lipinski definition) is 1. The summed E-state index contributed by atoms with van der Waals surface area (Å²) in [6.07, 6.45) is 4.02. The maximum Gasteiger partial charge on any atom is 0.0709 e. The van der Waals surface area contributed by atoms with Crippen molar-refractivity contribution in [1.82, 2.24) is 0 Å². The Morgan fingerprint density at radius 3 is 2.54 bits per heavy atom. The number of aryl methyl sites for hydroxylation is 2. The fourth-order valence-electron chi connectivity index (χ4n) is 1.88. The molecule has 2 rings (SSSR count). The van der Waals surface area contributed by atoms with Crippen molar-refractivity contribution in [2.75, 3.05) is 0 Å². The van der Waals surface area contributed by atoms with Crippen molar-refractivity contribution in [3.05, 3.63) is 21.4 Å². The highest BCUT2D eigenvalue weighted by Gasteiger charge is 2.28. The van der Waals surface area contributed by atoms with E-state index >= 15 is 0 Å². The summed E-state index contributed by atoms with van der Waals surface area (Å²) in [6, 6.07) is 2.24. The van der Waals surface area contributed by atoms with E-state index in [-0.39, 0.29) is 5.38 Å². The van der Waals surface area contributed by atoms with Crippen LogP contribution in [-0.2, 0) is 0 Å². The molecule has 72 valence electrons. The van der Waals surface area contributed by atoms with Crippen molar-refractivity contribution in [2.45, 2.75) is 38.5 Å². The molecule has 0 aliphatic heterocycles. The number of alkyl halides is 1.